The van der Waals surface area contributed by atoms with Crippen LogP contribution in [0.1, 0.15) is 10.6 Å². The zero-order chi connectivity index (χ0) is 22.6. The highest BCUT2D eigenvalue weighted by atomic mass is 32.1. The van der Waals surface area contributed by atoms with Crippen LogP contribution in [0, 0.1) is 5.82 Å². The largest absolute Gasteiger partial charge is 0.489 e. The molecule has 0 saturated carbocycles. The van der Waals surface area contributed by atoms with Gasteiger partial charge in [0, 0.05) is 28.6 Å². The van der Waals surface area contributed by atoms with E-state index < -0.39 is 0 Å². The summed E-state index contributed by atoms with van der Waals surface area (Å²) < 4.78 is 19.1. The Morgan fingerprint density at radius 3 is 2.67 bits per heavy atom. The molecule has 0 amide bonds. The molecule has 0 aliphatic rings. The quantitative estimate of drug-likeness (QED) is 0.327. The Balaban J connectivity index is 1.34. The summed E-state index contributed by atoms with van der Waals surface area (Å²) in [5.74, 6) is 1.12. The topological polar surface area (TPSA) is 86.0 Å². The van der Waals surface area contributed by atoms with Gasteiger partial charge in [-0.05, 0) is 54.1 Å². The van der Waals surface area contributed by atoms with E-state index in [1.165, 1.54) is 18.5 Å². The number of hydrogen-bond donors (Lipinski definition) is 2. The van der Waals surface area contributed by atoms with E-state index in [1.807, 2.05) is 53.9 Å². The second-order valence-electron chi connectivity index (χ2n) is 7.35. The predicted octanol–water partition coefficient (Wildman–Crippen LogP) is 5.67. The van der Waals surface area contributed by atoms with Crippen molar-refractivity contribution in [1.29, 1.82) is 0 Å². The van der Waals surface area contributed by atoms with E-state index in [0.717, 1.165) is 38.4 Å². The summed E-state index contributed by atoms with van der Waals surface area (Å²) >= 11 is 1.55. The molecule has 8 heteroatoms. The van der Waals surface area contributed by atoms with Gasteiger partial charge in [-0.2, -0.15) is 0 Å². The van der Waals surface area contributed by atoms with Crippen LogP contribution in [0.5, 0.6) is 5.75 Å². The fraction of sp³-hybridized carbons (Fsp3) is 0.0800. The van der Waals surface area contributed by atoms with Crippen molar-refractivity contribution in [1.82, 2.24) is 15.0 Å². The number of nitrogens with two attached hydrogens (primary N) is 1. The van der Waals surface area contributed by atoms with Crippen LogP contribution >= 0.6 is 11.3 Å². The highest BCUT2D eigenvalue weighted by Crippen LogP contribution is 2.29. The average molecular weight is 458 g/mol. The maximum Gasteiger partial charge on any atom is 0.141 e. The normalized spacial score (nSPS) is 11.0. The van der Waals surface area contributed by atoms with Crippen LogP contribution in [0.15, 0.2) is 78.4 Å². The number of fused-ring (bicyclic) bond motifs is 1. The Hall–Kier alpha value is -3.88. The molecule has 5 aromatic rings. The van der Waals surface area contributed by atoms with Crippen LogP contribution < -0.4 is 15.8 Å². The van der Waals surface area contributed by atoms with Gasteiger partial charge in [0.1, 0.15) is 35.3 Å². The minimum Gasteiger partial charge on any atom is -0.489 e. The zero-order valence-electron chi connectivity index (χ0n) is 17.5. The van der Waals surface area contributed by atoms with Gasteiger partial charge in [0.25, 0.3) is 0 Å². The molecule has 33 heavy (non-hydrogen) atoms. The molecule has 0 fully saturated rings. The van der Waals surface area contributed by atoms with Gasteiger partial charge >= 0.3 is 0 Å². The van der Waals surface area contributed by atoms with Crippen molar-refractivity contribution in [2.24, 2.45) is 5.73 Å². The van der Waals surface area contributed by atoms with E-state index >= 15 is 0 Å². The molecule has 0 bridgehead atoms. The number of benzene rings is 3. The number of ether oxygens (including phenoxy) is 1. The fourth-order valence-electron chi connectivity index (χ4n) is 3.42. The van der Waals surface area contributed by atoms with E-state index in [4.69, 9.17) is 10.5 Å². The molecule has 3 N–H and O–H groups in total. The monoisotopic (exact) mass is 457 g/mol. The standard InChI is InChI=1S/C25H20FN5OS/c26-18-3-1-2-16(10-18)13-32-20-7-5-19(6-8-20)30-25-21-11-17(4-9-22(21)28-15-29-25)23-14-33-24(12-27)31-23/h1-11,14-15H,12-13,27H2,(H,28,29,30). The van der Waals surface area contributed by atoms with Crippen molar-refractivity contribution in [2.45, 2.75) is 13.2 Å². The predicted molar refractivity (Wildman–Crippen MR) is 129 cm³/mol. The van der Waals surface area contributed by atoms with Gasteiger partial charge in [-0.15, -0.1) is 11.3 Å². The van der Waals surface area contributed by atoms with E-state index in [-0.39, 0.29) is 5.82 Å². The van der Waals surface area contributed by atoms with Crippen LogP contribution in [-0.4, -0.2) is 15.0 Å². The first-order valence-corrected chi connectivity index (χ1v) is 11.2. The number of hydrogen-bond acceptors (Lipinski definition) is 7. The van der Waals surface area contributed by atoms with Gasteiger partial charge in [-0.25, -0.2) is 19.3 Å². The van der Waals surface area contributed by atoms with Crippen LogP contribution in [0.3, 0.4) is 0 Å². The Labute approximate surface area is 193 Å². The van der Waals surface area contributed by atoms with Crippen molar-refractivity contribution in [2.75, 3.05) is 5.32 Å². The van der Waals surface area contributed by atoms with Crippen LogP contribution in [0.25, 0.3) is 22.2 Å². The van der Waals surface area contributed by atoms with Gasteiger partial charge in [-0.3, -0.25) is 0 Å². The summed E-state index contributed by atoms with van der Waals surface area (Å²) in [7, 11) is 0. The third kappa shape index (κ3) is 4.82. The molecular formula is C25H20FN5OS. The second kappa shape index (κ2) is 9.32. The molecule has 5 rings (SSSR count). The summed E-state index contributed by atoms with van der Waals surface area (Å²) in [6.07, 6.45) is 1.54. The lowest BCUT2D eigenvalue weighted by molar-refractivity contribution is 0.305. The molecular weight excluding hydrogens is 437 g/mol. The first-order valence-electron chi connectivity index (χ1n) is 10.3. The number of aromatic nitrogens is 3. The van der Waals surface area contributed by atoms with Crippen LogP contribution in [0.2, 0.25) is 0 Å². The number of thiazole rings is 1. The molecule has 0 aliphatic carbocycles. The first-order chi connectivity index (χ1) is 16.2. The number of halogens is 1. The van der Waals surface area contributed by atoms with Gasteiger partial charge in [0.05, 0.1) is 11.2 Å². The molecule has 2 aromatic heterocycles. The third-order valence-electron chi connectivity index (χ3n) is 5.07. The highest BCUT2D eigenvalue weighted by molar-refractivity contribution is 7.09. The van der Waals surface area contributed by atoms with Crippen molar-refractivity contribution >= 4 is 33.7 Å². The lowest BCUT2D eigenvalue weighted by Crippen LogP contribution is -1.98. The van der Waals surface area contributed by atoms with Crippen LogP contribution in [-0.2, 0) is 13.2 Å². The minimum atomic E-state index is -0.273. The Bertz CT molecular complexity index is 1400. The number of nitrogens with zero attached hydrogens (tertiary/aromatic N) is 3. The summed E-state index contributed by atoms with van der Waals surface area (Å²) in [5, 5.41) is 7.15. The second-order valence-corrected chi connectivity index (χ2v) is 8.30. The SMILES string of the molecule is NCc1nc(-c2ccc3ncnc(Nc4ccc(OCc5cccc(F)c5)cc4)c3c2)cs1. The van der Waals surface area contributed by atoms with E-state index in [2.05, 4.69) is 20.3 Å². The molecule has 2 heterocycles. The zero-order valence-corrected chi connectivity index (χ0v) is 18.3. The van der Waals surface area contributed by atoms with E-state index in [9.17, 15) is 4.39 Å². The Morgan fingerprint density at radius 2 is 1.88 bits per heavy atom. The first kappa shape index (κ1) is 21.0. The maximum absolute atomic E-state index is 13.3. The van der Waals surface area contributed by atoms with Crippen molar-refractivity contribution in [3.8, 4) is 17.0 Å². The maximum atomic E-state index is 13.3. The number of anilines is 2. The van der Waals surface area contributed by atoms with Gasteiger partial charge in [0.15, 0.2) is 0 Å². The van der Waals surface area contributed by atoms with E-state index in [1.54, 1.807) is 17.4 Å². The summed E-state index contributed by atoms with van der Waals surface area (Å²) in [6, 6.07) is 19.9. The molecule has 0 radical (unpaired) electrons. The number of nitrogens with one attached hydrogen (secondary N) is 1. The Morgan fingerprint density at radius 1 is 1.00 bits per heavy atom. The van der Waals surface area contributed by atoms with Crippen molar-refractivity contribution in [3.05, 3.63) is 94.8 Å². The molecule has 164 valence electrons. The van der Waals surface area contributed by atoms with Gasteiger partial charge in [-0.1, -0.05) is 18.2 Å². The molecule has 0 saturated heterocycles. The Kier molecular flexibility index (Phi) is 5.93. The van der Waals surface area contributed by atoms with Crippen molar-refractivity contribution < 1.29 is 9.13 Å². The molecule has 0 atom stereocenters. The molecule has 0 aliphatic heterocycles. The molecule has 3 aromatic carbocycles. The summed E-state index contributed by atoms with van der Waals surface area (Å²) in [6.45, 7) is 0.725. The van der Waals surface area contributed by atoms with Gasteiger partial charge in [0.2, 0.25) is 0 Å². The van der Waals surface area contributed by atoms with Crippen LogP contribution in [0.4, 0.5) is 15.9 Å². The van der Waals surface area contributed by atoms with Crippen molar-refractivity contribution in [3.63, 3.8) is 0 Å². The summed E-state index contributed by atoms with van der Waals surface area (Å²) in [5.41, 5.74) is 10.0. The van der Waals surface area contributed by atoms with Gasteiger partial charge < -0.3 is 15.8 Å². The molecule has 0 spiro atoms. The smallest absolute Gasteiger partial charge is 0.141 e. The fourth-order valence-corrected chi connectivity index (χ4v) is 4.10. The summed E-state index contributed by atoms with van der Waals surface area (Å²) in [4.78, 5) is 13.4. The third-order valence-corrected chi connectivity index (χ3v) is 5.94. The number of rotatable bonds is 7. The molecule has 0 unspecified atom stereocenters. The molecule has 6 nitrogen and oxygen atoms in total. The lowest BCUT2D eigenvalue weighted by Gasteiger charge is -2.11. The highest BCUT2D eigenvalue weighted by Gasteiger charge is 2.09. The van der Waals surface area contributed by atoms with E-state index in [0.29, 0.717) is 24.7 Å². The average Bonchev–Trinajstić information content (AvgIpc) is 3.33. The minimum absolute atomic E-state index is 0.273. The lowest BCUT2D eigenvalue weighted by atomic mass is 10.1.